The van der Waals surface area contributed by atoms with Gasteiger partial charge in [-0.1, -0.05) is 0 Å². The zero-order valence-electron chi connectivity index (χ0n) is 15.0. The van der Waals surface area contributed by atoms with Gasteiger partial charge in [-0.3, -0.25) is 9.36 Å². The van der Waals surface area contributed by atoms with Crippen LogP contribution in [0.5, 0.6) is 0 Å². The fraction of sp³-hybridized carbons (Fsp3) is 0.316. The van der Waals surface area contributed by atoms with Crippen LogP contribution in [0.25, 0.3) is 5.65 Å². The van der Waals surface area contributed by atoms with Gasteiger partial charge < -0.3 is 4.40 Å². The van der Waals surface area contributed by atoms with Crippen molar-refractivity contribution in [1.29, 1.82) is 0 Å². The van der Waals surface area contributed by atoms with Gasteiger partial charge in [-0.25, -0.2) is 4.98 Å². The van der Waals surface area contributed by atoms with E-state index in [0.717, 1.165) is 16.9 Å². The van der Waals surface area contributed by atoms with E-state index < -0.39 is 0 Å². The summed E-state index contributed by atoms with van der Waals surface area (Å²) in [6, 6.07) is 8.08. The zero-order chi connectivity index (χ0) is 17.7. The Hall–Kier alpha value is -2.89. The quantitative estimate of drug-likeness (QED) is 0.575. The van der Waals surface area contributed by atoms with E-state index in [0.29, 0.717) is 0 Å². The minimum Gasteiger partial charge on any atom is -0.303 e. The highest BCUT2D eigenvalue weighted by atomic mass is 15.3. The number of hydrogen-bond acceptors (Lipinski definition) is 3. The summed E-state index contributed by atoms with van der Waals surface area (Å²) in [4.78, 5) is 4.66. The van der Waals surface area contributed by atoms with E-state index in [-0.39, 0.29) is 11.1 Å². The third-order valence-electron chi connectivity index (χ3n) is 4.97. The van der Waals surface area contributed by atoms with Gasteiger partial charge in [-0.05, 0) is 52.0 Å². The molecule has 0 fully saturated rings. The Morgan fingerprint density at radius 2 is 1.36 bits per heavy atom. The Balaban J connectivity index is 1.97. The zero-order valence-corrected chi connectivity index (χ0v) is 15.0. The monoisotopic (exact) mass is 334 g/mol. The second-order valence-corrected chi connectivity index (χ2v) is 7.28. The van der Waals surface area contributed by atoms with E-state index in [4.69, 9.17) is 0 Å². The molecule has 4 aromatic rings. The van der Waals surface area contributed by atoms with Gasteiger partial charge in [0.1, 0.15) is 5.65 Å². The van der Waals surface area contributed by atoms with E-state index in [1.165, 1.54) is 0 Å². The van der Waals surface area contributed by atoms with Crippen LogP contribution < -0.4 is 0 Å². The summed E-state index contributed by atoms with van der Waals surface area (Å²) < 4.78 is 6.11. The molecule has 4 heterocycles. The Bertz CT molecular complexity index is 910. The van der Waals surface area contributed by atoms with Crippen LogP contribution in [0.15, 0.2) is 61.4 Å². The first-order chi connectivity index (χ1) is 11.9. The molecule has 4 aromatic heterocycles. The number of rotatable bonds is 4. The van der Waals surface area contributed by atoms with Crippen molar-refractivity contribution in [2.45, 2.75) is 38.8 Å². The van der Waals surface area contributed by atoms with Crippen molar-refractivity contribution in [2.24, 2.45) is 0 Å². The topological polar surface area (TPSA) is 52.9 Å². The standard InChI is InChI=1S/C19H22N6/c1-18(2,24-12-6-9-21-24)15-14-16(23-11-5-8-20-17(15)23)19(3,4)25-13-7-10-22-25/h5-14H,1-4H3. The summed E-state index contributed by atoms with van der Waals surface area (Å²) >= 11 is 0. The average molecular weight is 334 g/mol. The van der Waals surface area contributed by atoms with Crippen LogP contribution in [-0.4, -0.2) is 28.9 Å². The molecule has 25 heavy (non-hydrogen) atoms. The van der Waals surface area contributed by atoms with E-state index in [1.807, 2.05) is 58.5 Å². The van der Waals surface area contributed by atoms with Crippen molar-refractivity contribution >= 4 is 5.65 Å². The molecule has 0 N–H and O–H groups in total. The minimum absolute atomic E-state index is 0.312. The van der Waals surface area contributed by atoms with Gasteiger partial charge in [-0.15, -0.1) is 0 Å². The molecule has 0 bridgehead atoms. The first-order valence-corrected chi connectivity index (χ1v) is 8.39. The maximum absolute atomic E-state index is 4.66. The highest BCUT2D eigenvalue weighted by Crippen LogP contribution is 2.35. The van der Waals surface area contributed by atoms with Gasteiger partial charge in [0.2, 0.25) is 0 Å². The van der Waals surface area contributed by atoms with Crippen molar-refractivity contribution in [3.05, 3.63) is 72.7 Å². The molecule has 0 aliphatic heterocycles. The Morgan fingerprint density at radius 3 is 1.96 bits per heavy atom. The highest BCUT2D eigenvalue weighted by Gasteiger charge is 2.33. The second-order valence-electron chi connectivity index (χ2n) is 7.28. The Kier molecular flexibility index (Phi) is 3.32. The molecule has 4 rings (SSSR count). The molecule has 0 aliphatic carbocycles. The molecule has 0 amide bonds. The fourth-order valence-corrected chi connectivity index (χ4v) is 3.40. The molecule has 0 atom stereocenters. The largest absolute Gasteiger partial charge is 0.303 e. The predicted molar refractivity (Wildman–Crippen MR) is 96.5 cm³/mol. The fourth-order valence-electron chi connectivity index (χ4n) is 3.40. The molecular weight excluding hydrogens is 312 g/mol. The normalized spacial score (nSPS) is 12.8. The maximum Gasteiger partial charge on any atom is 0.142 e. The van der Waals surface area contributed by atoms with E-state index >= 15 is 0 Å². The average Bonchev–Trinajstić information content (AvgIpc) is 3.34. The van der Waals surface area contributed by atoms with Gasteiger partial charge in [-0.2, -0.15) is 10.2 Å². The lowest BCUT2D eigenvalue weighted by Gasteiger charge is -2.26. The van der Waals surface area contributed by atoms with Gasteiger partial charge in [0.15, 0.2) is 0 Å². The first-order valence-electron chi connectivity index (χ1n) is 8.39. The molecule has 128 valence electrons. The molecule has 6 heteroatoms. The van der Waals surface area contributed by atoms with Crippen LogP contribution in [0.4, 0.5) is 0 Å². The molecule has 0 aromatic carbocycles. The van der Waals surface area contributed by atoms with E-state index in [1.54, 1.807) is 0 Å². The third-order valence-corrected chi connectivity index (χ3v) is 4.97. The summed E-state index contributed by atoms with van der Waals surface area (Å²) in [5.74, 6) is 0. The molecular formula is C19H22N6. The van der Waals surface area contributed by atoms with Gasteiger partial charge >= 0.3 is 0 Å². The maximum atomic E-state index is 4.66. The number of fused-ring (bicyclic) bond motifs is 1. The van der Waals surface area contributed by atoms with Crippen molar-refractivity contribution in [2.75, 3.05) is 0 Å². The summed E-state index contributed by atoms with van der Waals surface area (Å²) in [5, 5.41) is 8.91. The van der Waals surface area contributed by atoms with Crippen LogP contribution in [0.1, 0.15) is 39.0 Å². The third kappa shape index (κ3) is 2.28. The summed E-state index contributed by atoms with van der Waals surface area (Å²) in [6.45, 7) is 8.66. The summed E-state index contributed by atoms with van der Waals surface area (Å²) in [6.07, 6.45) is 11.5. The molecule has 0 saturated heterocycles. The second kappa shape index (κ2) is 5.31. The Morgan fingerprint density at radius 1 is 0.760 bits per heavy atom. The Labute approximate surface area is 146 Å². The number of hydrogen-bond donors (Lipinski definition) is 0. The van der Waals surface area contributed by atoms with Gasteiger partial charge in [0, 0.05) is 42.7 Å². The highest BCUT2D eigenvalue weighted by molar-refractivity contribution is 5.56. The SMILES string of the molecule is CC(C)(c1cc(C(C)(C)n2cccn2)n2cccnc12)n1cccn1. The molecule has 0 unspecified atom stereocenters. The first kappa shape index (κ1) is 15.6. The van der Waals surface area contributed by atoms with Crippen LogP contribution in [0.2, 0.25) is 0 Å². The summed E-state index contributed by atoms with van der Waals surface area (Å²) in [7, 11) is 0. The van der Waals surface area contributed by atoms with Crippen LogP contribution >= 0.6 is 0 Å². The molecule has 6 nitrogen and oxygen atoms in total. The van der Waals surface area contributed by atoms with E-state index in [9.17, 15) is 0 Å². The molecule has 0 radical (unpaired) electrons. The molecule has 0 aliphatic rings. The van der Waals surface area contributed by atoms with Crippen molar-refractivity contribution < 1.29 is 0 Å². The smallest absolute Gasteiger partial charge is 0.142 e. The number of nitrogens with zero attached hydrogens (tertiary/aromatic N) is 6. The minimum atomic E-state index is -0.318. The lowest BCUT2D eigenvalue weighted by atomic mass is 9.94. The summed E-state index contributed by atoms with van der Waals surface area (Å²) in [5.41, 5.74) is 2.58. The molecule has 0 spiro atoms. The lowest BCUT2D eigenvalue weighted by Crippen LogP contribution is -2.30. The molecule has 0 saturated carbocycles. The van der Waals surface area contributed by atoms with Crippen molar-refractivity contribution in [1.82, 2.24) is 28.9 Å². The number of aromatic nitrogens is 6. The van der Waals surface area contributed by atoms with Crippen LogP contribution in [0.3, 0.4) is 0 Å². The van der Waals surface area contributed by atoms with Crippen LogP contribution in [-0.2, 0) is 11.1 Å². The lowest BCUT2D eigenvalue weighted by molar-refractivity contribution is 0.375. The van der Waals surface area contributed by atoms with Crippen molar-refractivity contribution in [3.8, 4) is 0 Å². The van der Waals surface area contributed by atoms with Gasteiger partial charge in [0.25, 0.3) is 0 Å². The van der Waals surface area contributed by atoms with Crippen molar-refractivity contribution in [3.63, 3.8) is 0 Å². The van der Waals surface area contributed by atoms with Gasteiger partial charge in [0.05, 0.1) is 16.8 Å². The van der Waals surface area contributed by atoms with E-state index in [2.05, 4.69) is 59.5 Å². The van der Waals surface area contributed by atoms with Crippen LogP contribution in [0, 0.1) is 0 Å². The predicted octanol–water partition coefficient (Wildman–Crippen LogP) is 3.29.